The molecule has 5 nitrogen and oxygen atoms in total. The zero-order valence-electron chi connectivity index (χ0n) is 16.3. The summed E-state index contributed by atoms with van der Waals surface area (Å²) >= 11 is 0. The highest BCUT2D eigenvalue weighted by Gasteiger charge is 2.21. The number of benzene rings is 1. The standard InChI is InChI=1S/C21H29N5/c1-16-7-5-10-20(18(16)3)25-11-13-26(14-12-25)21(22-4)23-15-19-9-6-8-17(2)24-19/h5-10H,11-15H2,1-4H3,(H,22,23). The normalized spacial score (nSPS) is 15.3. The van der Waals surface area contributed by atoms with Crippen LogP contribution in [-0.2, 0) is 6.54 Å². The minimum atomic E-state index is 0.700. The quantitative estimate of drug-likeness (QED) is 0.682. The first-order valence-corrected chi connectivity index (χ1v) is 9.28. The molecule has 1 N–H and O–H groups in total. The van der Waals surface area contributed by atoms with E-state index in [4.69, 9.17) is 0 Å². The Hall–Kier alpha value is -2.56. The maximum Gasteiger partial charge on any atom is 0.194 e. The van der Waals surface area contributed by atoms with Gasteiger partial charge in [0.05, 0.1) is 12.2 Å². The first-order chi connectivity index (χ1) is 12.6. The lowest BCUT2D eigenvalue weighted by Gasteiger charge is -2.38. The number of anilines is 1. The molecule has 1 fully saturated rings. The van der Waals surface area contributed by atoms with E-state index in [2.05, 4.69) is 57.1 Å². The molecule has 1 aliphatic rings. The smallest absolute Gasteiger partial charge is 0.194 e. The van der Waals surface area contributed by atoms with Gasteiger partial charge in [0, 0.05) is 44.6 Å². The summed E-state index contributed by atoms with van der Waals surface area (Å²) in [6, 6.07) is 12.7. The van der Waals surface area contributed by atoms with Gasteiger partial charge < -0.3 is 15.1 Å². The number of pyridine rings is 1. The second-order valence-electron chi connectivity index (χ2n) is 6.86. The van der Waals surface area contributed by atoms with Crippen LogP contribution in [-0.4, -0.2) is 49.1 Å². The van der Waals surface area contributed by atoms with Crippen LogP contribution in [0.15, 0.2) is 41.4 Å². The molecule has 0 bridgehead atoms. The molecule has 0 aliphatic carbocycles. The van der Waals surface area contributed by atoms with E-state index < -0.39 is 0 Å². The molecule has 138 valence electrons. The Bertz CT molecular complexity index is 776. The zero-order chi connectivity index (χ0) is 18.5. The Morgan fingerprint density at radius 1 is 1.04 bits per heavy atom. The Labute approximate surface area is 156 Å². The molecule has 0 amide bonds. The predicted octanol–water partition coefficient (Wildman–Crippen LogP) is 2.90. The maximum absolute atomic E-state index is 4.55. The average Bonchev–Trinajstić information content (AvgIpc) is 2.65. The van der Waals surface area contributed by atoms with Gasteiger partial charge in [0.25, 0.3) is 0 Å². The zero-order valence-corrected chi connectivity index (χ0v) is 16.3. The number of guanidine groups is 1. The van der Waals surface area contributed by atoms with Gasteiger partial charge in [0.2, 0.25) is 0 Å². The number of rotatable bonds is 3. The molecular formula is C21H29N5. The molecule has 1 aromatic heterocycles. The average molecular weight is 351 g/mol. The highest BCUT2D eigenvalue weighted by Crippen LogP contribution is 2.23. The lowest BCUT2D eigenvalue weighted by Crippen LogP contribution is -2.52. The molecule has 0 radical (unpaired) electrons. The van der Waals surface area contributed by atoms with E-state index in [1.807, 2.05) is 32.2 Å². The van der Waals surface area contributed by atoms with Gasteiger partial charge in [-0.2, -0.15) is 0 Å². The molecule has 1 saturated heterocycles. The van der Waals surface area contributed by atoms with Crippen molar-refractivity contribution >= 4 is 11.6 Å². The van der Waals surface area contributed by atoms with E-state index in [0.717, 1.165) is 43.5 Å². The minimum absolute atomic E-state index is 0.700. The SMILES string of the molecule is CN=C(NCc1cccc(C)n1)N1CCN(c2cccc(C)c2C)CC1. The summed E-state index contributed by atoms with van der Waals surface area (Å²) in [6.07, 6.45) is 0. The van der Waals surface area contributed by atoms with E-state index >= 15 is 0 Å². The van der Waals surface area contributed by atoms with E-state index in [-0.39, 0.29) is 0 Å². The molecule has 2 aromatic rings. The number of hydrogen-bond acceptors (Lipinski definition) is 3. The Morgan fingerprint density at radius 2 is 1.77 bits per heavy atom. The molecule has 5 heteroatoms. The molecule has 0 saturated carbocycles. The van der Waals surface area contributed by atoms with Crippen molar-refractivity contribution in [1.29, 1.82) is 0 Å². The van der Waals surface area contributed by atoms with E-state index in [9.17, 15) is 0 Å². The van der Waals surface area contributed by atoms with Gasteiger partial charge in [0.1, 0.15) is 0 Å². The largest absolute Gasteiger partial charge is 0.368 e. The van der Waals surface area contributed by atoms with Gasteiger partial charge in [-0.1, -0.05) is 18.2 Å². The third-order valence-electron chi connectivity index (χ3n) is 5.08. The molecule has 2 heterocycles. The molecular weight excluding hydrogens is 322 g/mol. The van der Waals surface area contributed by atoms with Gasteiger partial charge in [-0.05, 0) is 50.1 Å². The predicted molar refractivity (Wildman–Crippen MR) is 109 cm³/mol. The highest BCUT2D eigenvalue weighted by atomic mass is 15.3. The fourth-order valence-electron chi connectivity index (χ4n) is 3.44. The van der Waals surface area contributed by atoms with Crippen molar-refractivity contribution in [3.05, 3.63) is 58.9 Å². The van der Waals surface area contributed by atoms with Crippen LogP contribution < -0.4 is 10.2 Å². The number of hydrogen-bond donors (Lipinski definition) is 1. The Kier molecular flexibility index (Phi) is 5.76. The third-order valence-corrected chi connectivity index (χ3v) is 5.08. The van der Waals surface area contributed by atoms with Crippen LogP contribution in [0.5, 0.6) is 0 Å². The summed E-state index contributed by atoms with van der Waals surface area (Å²) in [7, 11) is 1.85. The van der Waals surface area contributed by atoms with Crippen LogP contribution in [0, 0.1) is 20.8 Å². The number of piperazine rings is 1. The second-order valence-corrected chi connectivity index (χ2v) is 6.86. The van der Waals surface area contributed by atoms with Crippen molar-refractivity contribution in [2.75, 3.05) is 38.1 Å². The van der Waals surface area contributed by atoms with Crippen LogP contribution in [0.3, 0.4) is 0 Å². The molecule has 3 rings (SSSR count). The number of nitrogens with zero attached hydrogens (tertiary/aromatic N) is 4. The van der Waals surface area contributed by atoms with Crippen LogP contribution in [0.25, 0.3) is 0 Å². The second kappa shape index (κ2) is 8.21. The molecule has 0 atom stereocenters. The monoisotopic (exact) mass is 351 g/mol. The van der Waals surface area contributed by atoms with Crippen molar-refractivity contribution in [1.82, 2.24) is 15.2 Å². The summed E-state index contributed by atoms with van der Waals surface area (Å²) < 4.78 is 0. The first-order valence-electron chi connectivity index (χ1n) is 9.28. The van der Waals surface area contributed by atoms with Gasteiger partial charge in [-0.25, -0.2) is 0 Å². The van der Waals surface area contributed by atoms with Crippen LogP contribution >= 0.6 is 0 Å². The molecule has 1 aromatic carbocycles. The Balaban J connectivity index is 1.58. The number of nitrogens with one attached hydrogen (secondary N) is 1. The van der Waals surface area contributed by atoms with E-state index in [0.29, 0.717) is 6.54 Å². The van der Waals surface area contributed by atoms with Gasteiger partial charge in [0.15, 0.2) is 5.96 Å². The molecule has 26 heavy (non-hydrogen) atoms. The summed E-state index contributed by atoms with van der Waals surface area (Å²) in [5, 5.41) is 3.45. The van der Waals surface area contributed by atoms with Crippen molar-refractivity contribution in [2.45, 2.75) is 27.3 Å². The highest BCUT2D eigenvalue weighted by molar-refractivity contribution is 5.80. The van der Waals surface area contributed by atoms with Crippen molar-refractivity contribution in [2.24, 2.45) is 4.99 Å². The lowest BCUT2D eigenvalue weighted by atomic mass is 10.1. The van der Waals surface area contributed by atoms with Crippen LogP contribution in [0.4, 0.5) is 5.69 Å². The van der Waals surface area contributed by atoms with Crippen molar-refractivity contribution < 1.29 is 0 Å². The van der Waals surface area contributed by atoms with Crippen molar-refractivity contribution in [3.63, 3.8) is 0 Å². The topological polar surface area (TPSA) is 43.8 Å². The van der Waals surface area contributed by atoms with Gasteiger partial charge in [-0.15, -0.1) is 0 Å². The molecule has 1 aliphatic heterocycles. The summed E-state index contributed by atoms with van der Waals surface area (Å²) in [6.45, 7) is 11.1. The molecule has 0 spiro atoms. The fourth-order valence-corrected chi connectivity index (χ4v) is 3.44. The number of aromatic nitrogens is 1. The third kappa shape index (κ3) is 4.15. The van der Waals surface area contributed by atoms with Gasteiger partial charge >= 0.3 is 0 Å². The van der Waals surface area contributed by atoms with Crippen molar-refractivity contribution in [3.8, 4) is 0 Å². The number of aryl methyl sites for hydroxylation is 2. The summed E-state index contributed by atoms with van der Waals surface area (Å²) in [4.78, 5) is 13.8. The maximum atomic E-state index is 4.55. The van der Waals surface area contributed by atoms with Gasteiger partial charge in [-0.3, -0.25) is 9.98 Å². The minimum Gasteiger partial charge on any atom is -0.368 e. The van der Waals surface area contributed by atoms with E-state index in [1.54, 1.807) is 0 Å². The number of aliphatic imine (C=N–C) groups is 1. The van der Waals surface area contributed by atoms with Crippen LogP contribution in [0.1, 0.15) is 22.5 Å². The van der Waals surface area contributed by atoms with Crippen LogP contribution in [0.2, 0.25) is 0 Å². The Morgan fingerprint density at radius 3 is 2.46 bits per heavy atom. The summed E-state index contributed by atoms with van der Waals surface area (Å²) in [5.74, 6) is 0.953. The fraction of sp³-hybridized carbons (Fsp3) is 0.429. The molecule has 0 unspecified atom stereocenters. The lowest BCUT2D eigenvalue weighted by molar-refractivity contribution is 0.372. The first kappa shape index (κ1) is 18.2. The summed E-state index contributed by atoms with van der Waals surface area (Å²) in [5.41, 5.74) is 6.18. The van der Waals surface area contributed by atoms with E-state index in [1.165, 1.54) is 16.8 Å².